The molecule has 3 fully saturated rings. The first kappa shape index (κ1) is 18.6. The van der Waals surface area contributed by atoms with Gasteiger partial charge in [-0.25, -0.2) is 0 Å². The van der Waals surface area contributed by atoms with Crippen molar-refractivity contribution in [1.82, 2.24) is 9.80 Å². The highest BCUT2D eigenvalue weighted by molar-refractivity contribution is 5.79. The molecule has 1 aromatic rings. The Hall–Kier alpha value is -2.21. The molecule has 0 N–H and O–H groups in total. The van der Waals surface area contributed by atoms with Crippen LogP contribution in [0, 0.1) is 11.8 Å². The fourth-order valence-corrected chi connectivity index (χ4v) is 6.45. The second-order valence-corrected chi connectivity index (χ2v) is 9.40. The highest BCUT2D eigenvalue weighted by atomic mass is 16.7. The summed E-state index contributed by atoms with van der Waals surface area (Å²) in [5.74, 6) is 3.42. The summed E-state index contributed by atoms with van der Waals surface area (Å²) in [6.45, 7) is 3.54. The van der Waals surface area contributed by atoms with Gasteiger partial charge in [-0.3, -0.25) is 9.69 Å². The van der Waals surface area contributed by atoms with E-state index in [4.69, 9.17) is 14.2 Å². The van der Waals surface area contributed by atoms with Crippen LogP contribution >= 0.6 is 0 Å². The van der Waals surface area contributed by atoms with Gasteiger partial charge in [0.1, 0.15) is 5.75 Å². The summed E-state index contributed by atoms with van der Waals surface area (Å²) in [6, 6.07) is 6.49. The summed E-state index contributed by atoms with van der Waals surface area (Å²) >= 11 is 0. The number of likely N-dealkylation sites (tertiary alicyclic amines) is 1. The SMILES string of the molecule is O=C(COc1ccc2c(c1)OCO2)N1CCCC2=C[C@H]3C[C@H](CN4CCCC[C@@H]34)[C@H]21. The van der Waals surface area contributed by atoms with Gasteiger partial charge in [0, 0.05) is 25.2 Å². The highest BCUT2D eigenvalue weighted by Gasteiger charge is 2.46. The summed E-state index contributed by atoms with van der Waals surface area (Å²) in [6.07, 6.45) is 10.0. The van der Waals surface area contributed by atoms with E-state index in [1.54, 1.807) is 6.07 Å². The number of ether oxygens (including phenoxy) is 3. The molecule has 1 aliphatic carbocycles. The molecular weight excluding hydrogens is 380 g/mol. The molecule has 0 unspecified atom stereocenters. The average molecular weight is 411 g/mol. The number of hydrogen-bond acceptors (Lipinski definition) is 5. The van der Waals surface area contributed by atoms with Gasteiger partial charge in [0.05, 0.1) is 6.04 Å². The maximum absolute atomic E-state index is 13.2. The topological polar surface area (TPSA) is 51.2 Å². The van der Waals surface area contributed by atoms with E-state index >= 15 is 0 Å². The van der Waals surface area contributed by atoms with Crippen molar-refractivity contribution in [2.45, 2.75) is 50.6 Å². The Bertz CT molecular complexity index is 869. The van der Waals surface area contributed by atoms with Crippen molar-refractivity contribution in [3.63, 3.8) is 0 Å². The molecule has 4 heterocycles. The number of amides is 1. The number of carbonyl (C=O) groups excluding carboxylic acids is 1. The van der Waals surface area contributed by atoms with Crippen LogP contribution in [-0.2, 0) is 4.79 Å². The summed E-state index contributed by atoms with van der Waals surface area (Å²) in [4.78, 5) is 18.0. The number of piperidine rings is 3. The van der Waals surface area contributed by atoms with Crippen LogP contribution in [-0.4, -0.2) is 60.8 Å². The second kappa shape index (κ2) is 7.49. The normalized spacial score (nSPS) is 32.1. The predicted octanol–water partition coefficient (Wildman–Crippen LogP) is 3.22. The zero-order chi connectivity index (χ0) is 20.1. The van der Waals surface area contributed by atoms with Crippen LogP contribution < -0.4 is 14.2 Å². The van der Waals surface area contributed by atoms with Crippen LogP contribution in [0.3, 0.4) is 0 Å². The van der Waals surface area contributed by atoms with Gasteiger partial charge in [0.2, 0.25) is 6.79 Å². The maximum atomic E-state index is 13.2. The molecule has 30 heavy (non-hydrogen) atoms. The number of rotatable bonds is 3. The van der Waals surface area contributed by atoms with Crippen LogP contribution in [0.1, 0.15) is 38.5 Å². The van der Waals surface area contributed by atoms with Crippen molar-refractivity contribution in [3.05, 3.63) is 29.8 Å². The molecule has 0 spiro atoms. The van der Waals surface area contributed by atoms with E-state index < -0.39 is 0 Å². The lowest BCUT2D eigenvalue weighted by Crippen LogP contribution is -2.60. The Morgan fingerprint density at radius 3 is 3.03 bits per heavy atom. The van der Waals surface area contributed by atoms with Gasteiger partial charge in [-0.1, -0.05) is 18.1 Å². The third-order valence-electron chi connectivity index (χ3n) is 7.68. The second-order valence-electron chi connectivity index (χ2n) is 9.40. The van der Waals surface area contributed by atoms with Gasteiger partial charge in [-0.05, 0) is 62.6 Å². The molecule has 0 radical (unpaired) electrons. The van der Waals surface area contributed by atoms with Crippen molar-refractivity contribution >= 4 is 5.91 Å². The Morgan fingerprint density at radius 1 is 1.13 bits per heavy atom. The Kier molecular flexibility index (Phi) is 4.63. The predicted molar refractivity (Wildman–Crippen MR) is 112 cm³/mol. The van der Waals surface area contributed by atoms with Gasteiger partial charge in [-0.15, -0.1) is 0 Å². The van der Waals surface area contributed by atoms with E-state index in [0.717, 1.165) is 37.7 Å². The molecule has 6 rings (SSSR count). The van der Waals surface area contributed by atoms with Gasteiger partial charge in [0.15, 0.2) is 18.1 Å². The number of benzene rings is 1. The van der Waals surface area contributed by atoms with E-state index in [-0.39, 0.29) is 25.3 Å². The molecule has 4 atom stereocenters. The monoisotopic (exact) mass is 410 g/mol. The number of fused-ring (bicyclic) bond motifs is 7. The van der Waals surface area contributed by atoms with Gasteiger partial charge in [-0.2, -0.15) is 0 Å². The van der Waals surface area contributed by atoms with Crippen LogP contribution in [0.4, 0.5) is 0 Å². The molecule has 6 nitrogen and oxygen atoms in total. The lowest BCUT2D eigenvalue weighted by atomic mass is 9.68. The minimum absolute atomic E-state index is 0.0753. The molecular formula is C24H30N2O4. The Labute approximate surface area is 177 Å². The minimum atomic E-state index is 0.0753. The van der Waals surface area contributed by atoms with E-state index in [0.29, 0.717) is 23.3 Å². The maximum Gasteiger partial charge on any atom is 0.261 e. The first-order chi connectivity index (χ1) is 14.8. The molecule has 4 aliphatic heterocycles. The van der Waals surface area contributed by atoms with Crippen molar-refractivity contribution in [2.75, 3.05) is 33.0 Å². The van der Waals surface area contributed by atoms with E-state index in [1.807, 2.05) is 12.1 Å². The molecule has 5 aliphatic rings. The van der Waals surface area contributed by atoms with E-state index in [9.17, 15) is 4.79 Å². The Morgan fingerprint density at radius 2 is 2.07 bits per heavy atom. The molecule has 160 valence electrons. The van der Waals surface area contributed by atoms with E-state index in [1.165, 1.54) is 37.8 Å². The third kappa shape index (κ3) is 3.16. The zero-order valence-electron chi connectivity index (χ0n) is 17.4. The number of hydrogen-bond donors (Lipinski definition) is 0. The van der Waals surface area contributed by atoms with Gasteiger partial charge in [0.25, 0.3) is 5.91 Å². The standard InChI is InChI=1S/C24H30N2O4/c27-23(14-28-19-6-7-21-22(12-19)30-15-29-21)26-9-3-4-16-10-17-11-18(24(16)26)13-25-8-2-1-5-20(17)25/h6-7,10,12,17-18,20,24H,1-5,8-9,11,13-15H2/t17-,18+,20-,24-/m0/s1. The largest absolute Gasteiger partial charge is 0.484 e. The lowest BCUT2D eigenvalue weighted by molar-refractivity contribution is -0.138. The summed E-state index contributed by atoms with van der Waals surface area (Å²) < 4.78 is 16.6. The Balaban J connectivity index is 1.17. The molecule has 1 amide bonds. The van der Waals surface area contributed by atoms with Crippen molar-refractivity contribution in [1.29, 1.82) is 0 Å². The molecule has 2 bridgehead atoms. The third-order valence-corrected chi connectivity index (χ3v) is 7.68. The molecule has 3 saturated heterocycles. The number of carbonyl (C=O) groups is 1. The van der Waals surface area contributed by atoms with Crippen LogP contribution in [0.15, 0.2) is 29.8 Å². The highest BCUT2D eigenvalue weighted by Crippen LogP contribution is 2.45. The summed E-state index contributed by atoms with van der Waals surface area (Å²) in [5.41, 5.74) is 1.52. The van der Waals surface area contributed by atoms with Crippen LogP contribution in [0.5, 0.6) is 17.2 Å². The number of nitrogens with zero attached hydrogens (tertiary/aromatic N) is 2. The minimum Gasteiger partial charge on any atom is -0.484 e. The fraction of sp³-hybridized carbons (Fsp3) is 0.625. The van der Waals surface area contributed by atoms with Crippen molar-refractivity contribution < 1.29 is 19.0 Å². The zero-order valence-corrected chi connectivity index (χ0v) is 17.4. The van der Waals surface area contributed by atoms with Gasteiger partial charge >= 0.3 is 0 Å². The van der Waals surface area contributed by atoms with Gasteiger partial charge < -0.3 is 19.1 Å². The average Bonchev–Trinajstić information content (AvgIpc) is 3.25. The smallest absolute Gasteiger partial charge is 0.261 e. The first-order valence-corrected chi connectivity index (χ1v) is 11.5. The van der Waals surface area contributed by atoms with Crippen LogP contribution in [0.25, 0.3) is 0 Å². The molecule has 0 saturated carbocycles. The molecule has 0 aromatic heterocycles. The fourth-order valence-electron chi connectivity index (χ4n) is 6.45. The van der Waals surface area contributed by atoms with Crippen molar-refractivity contribution in [3.8, 4) is 17.2 Å². The summed E-state index contributed by atoms with van der Waals surface area (Å²) in [5, 5.41) is 0. The van der Waals surface area contributed by atoms with Crippen LogP contribution in [0.2, 0.25) is 0 Å². The molecule has 6 heteroatoms. The van der Waals surface area contributed by atoms with E-state index in [2.05, 4.69) is 15.9 Å². The molecule has 1 aromatic carbocycles. The van der Waals surface area contributed by atoms with Crippen molar-refractivity contribution in [2.24, 2.45) is 11.8 Å². The quantitative estimate of drug-likeness (QED) is 0.717. The lowest BCUT2D eigenvalue weighted by Gasteiger charge is -2.54. The first-order valence-electron chi connectivity index (χ1n) is 11.5. The summed E-state index contributed by atoms with van der Waals surface area (Å²) in [7, 11) is 0.